The van der Waals surface area contributed by atoms with Crippen LogP contribution in [0.5, 0.6) is 0 Å². The number of alkyl halides is 2. The van der Waals surface area contributed by atoms with Gasteiger partial charge in [-0.2, -0.15) is 8.78 Å². The molecule has 0 aliphatic heterocycles. The minimum atomic E-state index is -4.74. The summed E-state index contributed by atoms with van der Waals surface area (Å²) >= 11 is 0. The molecule has 0 unspecified atom stereocenters. The van der Waals surface area contributed by atoms with Gasteiger partial charge in [-0.3, -0.25) is 4.79 Å². The lowest BCUT2D eigenvalue weighted by Crippen LogP contribution is -2.14. The fraction of sp³-hybridized carbons (Fsp3) is 0.111. The zero-order chi connectivity index (χ0) is 20.5. The van der Waals surface area contributed by atoms with E-state index in [1.54, 1.807) is 17.7 Å². The van der Waals surface area contributed by atoms with Crippen LogP contribution in [0.25, 0.3) is 5.69 Å². The van der Waals surface area contributed by atoms with Gasteiger partial charge in [-0.15, -0.1) is 0 Å². The lowest BCUT2D eigenvalue weighted by atomic mass is 10.2. The van der Waals surface area contributed by atoms with E-state index in [0.717, 1.165) is 30.3 Å². The summed E-state index contributed by atoms with van der Waals surface area (Å²) in [5.41, 5.74) is 0.464. The van der Waals surface area contributed by atoms with Crippen molar-refractivity contribution < 1.29 is 26.4 Å². The normalized spacial score (nSPS) is 11.6. The molecular formula is C18H14F3N3O3S. The molecule has 0 radical (unpaired) electrons. The first-order valence-electron chi connectivity index (χ1n) is 7.93. The maximum atomic E-state index is 14.4. The molecule has 1 N–H and O–H groups in total. The van der Waals surface area contributed by atoms with Crippen molar-refractivity contribution in [2.45, 2.75) is 17.6 Å². The third-order valence-electron chi connectivity index (χ3n) is 3.97. The van der Waals surface area contributed by atoms with Crippen molar-refractivity contribution in [3.05, 3.63) is 72.1 Å². The van der Waals surface area contributed by atoms with Crippen molar-refractivity contribution in [2.75, 3.05) is 5.32 Å². The second kappa shape index (κ2) is 7.47. The first-order chi connectivity index (χ1) is 13.2. The molecule has 1 aromatic heterocycles. The molecule has 6 nitrogen and oxygen atoms in total. The SMILES string of the molecule is Cc1nccn1-c1ccc(NC(=O)c2ccc(S(=O)(=O)C(F)F)cc2)cc1F. The number of carbonyl (C=O) groups is 1. The predicted octanol–water partition coefficient (Wildman–Crippen LogP) is 3.57. The highest BCUT2D eigenvalue weighted by Gasteiger charge is 2.26. The summed E-state index contributed by atoms with van der Waals surface area (Å²) in [6.07, 6.45) is 3.13. The van der Waals surface area contributed by atoms with Crippen molar-refractivity contribution in [1.82, 2.24) is 9.55 Å². The molecule has 146 valence electrons. The number of aromatic nitrogens is 2. The third-order valence-corrected chi connectivity index (χ3v) is 5.37. The number of anilines is 1. The van der Waals surface area contributed by atoms with E-state index < -0.39 is 32.2 Å². The monoisotopic (exact) mass is 409 g/mol. The maximum Gasteiger partial charge on any atom is 0.341 e. The number of amides is 1. The summed E-state index contributed by atoms with van der Waals surface area (Å²) < 4.78 is 63.8. The Morgan fingerprint density at radius 2 is 1.82 bits per heavy atom. The number of rotatable bonds is 5. The molecule has 0 saturated heterocycles. The van der Waals surface area contributed by atoms with Gasteiger partial charge in [-0.1, -0.05) is 0 Å². The van der Waals surface area contributed by atoms with Crippen LogP contribution < -0.4 is 5.32 Å². The third kappa shape index (κ3) is 3.77. The van der Waals surface area contributed by atoms with Crippen molar-refractivity contribution in [2.24, 2.45) is 0 Å². The zero-order valence-electron chi connectivity index (χ0n) is 14.4. The van der Waals surface area contributed by atoms with Crippen LogP contribution in [0.4, 0.5) is 18.9 Å². The maximum absolute atomic E-state index is 14.4. The number of nitrogens with one attached hydrogen (secondary N) is 1. The molecule has 0 bridgehead atoms. The summed E-state index contributed by atoms with van der Waals surface area (Å²) in [5, 5.41) is 2.47. The van der Waals surface area contributed by atoms with Crippen LogP contribution in [-0.4, -0.2) is 29.6 Å². The van der Waals surface area contributed by atoms with E-state index in [4.69, 9.17) is 0 Å². The Kier molecular flexibility index (Phi) is 5.23. The number of nitrogens with zero attached hydrogens (tertiary/aromatic N) is 2. The van der Waals surface area contributed by atoms with E-state index in [9.17, 15) is 26.4 Å². The van der Waals surface area contributed by atoms with Crippen LogP contribution in [0.3, 0.4) is 0 Å². The van der Waals surface area contributed by atoms with Gasteiger partial charge in [0.1, 0.15) is 11.6 Å². The zero-order valence-corrected chi connectivity index (χ0v) is 15.3. The van der Waals surface area contributed by atoms with Gasteiger partial charge in [-0.25, -0.2) is 17.8 Å². The molecular weight excluding hydrogens is 395 g/mol. The van der Waals surface area contributed by atoms with Gasteiger partial charge >= 0.3 is 5.76 Å². The quantitative estimate of drug-likeness (QED) is 0.699. The average Bonchev–Trinajstić information content (AvgIpc) is 3.07. The number of imidazole rings is 1. The predicted molar refractivity (Wildman–Crippen MR) is 95.8 cm³/mol. The summed E-state index contributed by atoms with van der Waals surface area (Å²) in [6.45, 7) is 1.72. The van der Waals surface area contributed by atoms with Crippen LogP contribution in [0.1, 0.15) is 16.2 Å². The molecule has 3 aromatic rings. The lowest BCUT2D eigenvalue weighted by molar-refractivity contribution is 0.102. The molecule has 28 heavy (non-hydrogen) atoms. The molecule has 10 heteroatoms. The fourth-order valence-electron chi connectivity index (χ4n) is 2.51. The Balaban J connectivity index is 1.78. The highest BCUT2D eigenvalue weighted by molar-refractivity contribution is 7.91. The molecule has 1 amide bonds. The summed E-state index contributed by atoms with van der Waals surface area (Å²) in [7, 11) is -4.74. The van der Waals surface area contributed by atoms with Crippen molar-refractivity contribution in [3.8, 4) is 5.69 Å². The molecule has 0 atom stereocenters. The van der Waals surface area contributed by atoms with Gasteiger partial charge in [0.25, 0.3) is 5.91 Å². The number of sulfone groups is 1. The summed E-state index contributed by atoms with van der Waals surface area (Å²) in [6, 6.07) is 8.13. The largest absolute Gasteiger partial charge is 0.341 e. The van der Waals surface area contributed by atoms with Gasteiger partial charge in [0.2, 0.25) is 9.84 Å². The number of benzene rings is 2. The van der Waals surface area contributed by atoms with E-state index in [2.05, 4.69) is 10.3 Å². The Labute approximate surface area is 158 Å². The van der Waals surface area contributed by atoms with Crippen LogP contribution in [-0.2, 0) is 9.84 Å². The van der Waals surface area contributed by atoms with Crippen molar-refractivity contribution in [3.63, 3.8) is 0 Å². The molecule has 0 aliphatic carbocycles. The van der Waals surface area contributed by atoms with Crippen molar-refractivity contribution in [1.29, 1.82) is 0 Å². The second-order valence-corrected chi connectivity index (χ2v) is 7.71. The molecule has 0 saturated carbocycles. The van der Waals surface area contributed by atoms with Crippen LogP contribution in [0, 0.1) is 12.7 Å². The molecule has 0 aliphatic rings. The first kappa shape index (κ1) is 19.6. The Morgan fingerprint density at radius 1 is 1.14 bits per heavy atom. The number of halogens is 3. The van der Waals surface area contributed by atoms with E-state index in [1.165, 1.54) is 18.3 Å². The topological polar surface area (TPSA) is 81.1 Å². The number of carbonyl (C=O) groups excluding carboxylic acids is 1. The first-order valence-corrected chi connectivity index (χ1v) is 9.48. The van der Waals surface area contributed by atoms with Crippen molar-refractivity contribution >= 4 is 21.4 Å². The van der Waals surface area contributed by atoms with Gasteiger partial charge < -0.3 is 9.88 Å². The average molecular weight is 409 g/mol. The molecule has 0 spiro atoms. The van der Waals surface area contributed by atoms with Crippen LogP contribution in [0.15, 0.2) is 59.8 Å². The highest BCUT2D eigenvalue weighted by Crippen LogP contribution is 2.21. The smallest absolute Gasteiger partial charge is 0.322 e. The molecule has 1 heterocycles. The molecule has 2 aromatic carbocycles. The van der Waals surface area contributed by atoms with Gasteiger partial charge in [0.15, 0.2) is 0 Å². The van der Waals surface area contributed by atoms with E-state index in [0.29, 0.717) is 5.82 Å². The Bertz CT molecular complexity index is 1130. The van der Waals surface area contributed by atoms with E-state index in [-0.39, 0.29) is 16.9 Å². The summed E-state index contributed by atoms with van der Waals surface area (Å²) in [5.74, 6) is -4.19. The summed E-state index contributed by atoms with van der Waals surface area (Å²) in [4.78, 5) is 15.7. The van der Waals surface area contributed by atoms with Gasteiger partial charge in [0.05, 0.1) is 10.6 Å². The van der Waals surface area contributed by atoms with Crippen LogP contribution >= 0.6 is 0 Å². The minimum absolute atomic E-state index is 0.0307. The van der Waals surface area contributed by atoms with Gasteiger partial charge in [-0.05, 0) is 49.4 Å². The molecule has 0 fully saturated rings. The van der Waals surface area contributed by atoms with Crippen LogP contribution in [0.2, 0.25) is 0 Å². The number of aryl methyl sites for hydroxylation is 1. The molecule has 3 rings (SSSR count). The Hall–Kier alpha value is -3.14. The fourth-order valence-corrected chi connectivity index (χ4v) is 3.24. The minimum Gasteiger partial charge on any atom is -0.322 e. The number of hydrogen-bond acceptors (Lipinski definition) is 4. The van der Waals surface area contributed by atoms with Gasteiger partial charge in [0, 0.05) is 23.6 Å². The van der Waals surface area contributed by atoms with E-state index >= 15 is 0 Å². The Morgan fingerprint density at radius 3 is 2.36 bits per heavy atom. The highest BCUT2D eigenvalue weighted by atomic mass is 32.2. The standard InChI is InChI=1S/C18H14F3N3O3S/c1-11-22-8-9-24(11)16-7-4-13(10-15(16)19)23-17(25)12-2-5-14(6-3-12)28(26,27)18(20)21/h2-10,18H,1H3,(H,23,25). The van der Waals surface area contributed by atoms with E-state index in [1.807, 2.05) is 0 Å². The lowest BCUT2D eigenvalue weighted by Gasteiger charge is -2.10. The second-order valence-electron chi connectivity index (χ2n) is 5.79. The number of hydrogen-bond donors (Lipinski definition) is 1.